The van der Waals surface area contributed by atoms with Crippen LogP contribution in [0, 0.1) is 29.6 Å². The van der Waals surface area contributed by atoms with Gasteiger partial charge in [-0.15, -0.1) is 5.10 Å². The highest BCUT2D eigenvalue weighted by molar-refractivity contribution is 9.10. The van der Waals surface area contributed by atoms with Crippen LogP contribution in [0.1, 0.15) is 31.5 Å². The number of nitrogens with two attached hydrogens (primary N) is 1. The van der Waals surface area contributed by atoms with E-state index in [0.717, 1.165) is 50.1 Å². The highest BCUT2D eigenvalue weighted by Gasteiger charge is 2.43. The number of rotatable bonds is 10. The monoisotopic (exact) mass is 961 g/mol. The fourth-order valence-electron chi connectivity index (χ4n) is 9.04. The largest absolute Gasteiger partial charge is 0.481 e. The molecule has 6 aromatic rings. The molecule has 0 spiro atoms. The molecule has 4 bridgehead atoms. The molecule has 2 saturated heterocycles. The van der Waals surface area contributed by atoms with Gasteiger partial charge in [-0.3, -0.25) is 0 Å². The minimum atomic E-state index is 0.384. The van der Waals surface area contributed by atoms with Crippen molar-refractivity contribution in [3.8, 4) is 35.3 Å². The molecule has 20 heteroatoms. The van der Waals surface area contributed by atoms with Crippen LogP contribution in [0.15, 0.2) is 78.1 Å². The average Bonchev–Trinajstić information content (AvgIpc) is 3.91. The quantitative estimate of drug-likeness (QED) is 0.143. The van der Waals surface area contributed by atoms with Crippen molar-refractivity contribution in [1.29, 1.82) is 0 Å². The number of methoxy groups -OCH3 is 2. The Labute approximate surface area is 384 Å². The lowest BCUT2D eigenvalue weighted by atomic mass is 9.82. The first kappa shape index (κ1) is 44.3. The van der Waals surface area contributed by atoms with Crippen LogP contribution >= 0.6 is 39.1 Å². The molecule has 2 N–H and O–H groups in total. The first-order valence-electron chi connectivity index (χ1n) is 20.8. The van der Waals surface area contributed by atoms with E-state index in [1.165, 1.54) is 30.4 Å². The second-order valence-electron chi connectivity index (χ2n) is 16.1. The number of fused-ring (bicyclic) bond motifs is 4. The van der Waals surface area contributed by atoms with Crippen molar-refractivity contribution in [2.45, 2.75) is 38.1 Å². The molecule has 17 nitrogen and oxygen atoms in total. The number of aryl methyl sites for hydroxylation is 2. The molecule has 332 valence electrons. The maximum atomic E-state index is 6.20. The van der Waals surface area contributed by atoms with Crippen molar-refractivity contribution >= 4 is 50.8 Å². The van der Waals surface area contributed by atoms with E-state index in [1.54, 1.807) is 62.9 Å². The maximum absolute atomic E-state index is 6.20. The SMILES string of the molecule is COc1cc(N2CC3CCC(C2)C3Cc2nc(Oc3cccc(Cl)c3)n(C)n2)ncn1.COc1cc(N2CC3CCC(C2)C3N)ncn1.Cn1nc(Br)nc1Oc1cccc(Cl)c1. The van der Waals surface area contributed by atoms with E-state index in [0.29, 0.717) is 85.7 Å². The van der Waals surface area contributed by atoms with E-state index in [4.69, 9.17) is 47.9 Å². The molecule has 6 heterocycles. The van der Waals surface area contributed by atoms with Crippen molar-refractivity contribution in [2.24, 2.45) is 49.4 Å². The van der Waals surface area contributed by atoms with Crippen LogP contribution in [0.3, 0.4) is 0 Å². The van der Waals surface area contributed by atoms with Gasteiger partial charge in [0, 0.05) is 74.9 Å². The average molecular weight is 964 g/mol. The third-order valence-corrected chi connectivity index (χ3v) is 13.0. The number of hydrogen-bond acceptors (Lipinski definition) is 15. The highest BCUT2D eigenvalue weighted by Crippen LogP contribution is 2.44. The first-order valence-corrected chi connectivity index (χ1v) is 22.4. The van der Waals surface area contributed by atoms with E-state index in [9.17, 15) is 0 Å². The van der Waals surface area contributed by atoms with Crippen LogP contribution in [0.5, 0.6) is 35.3 Å². The van der Waals surface area contributed by atoms with Gasteiger partial charge in [0.25, 0.3) is 0 Å². The minimum absolute atomic E-state index is 0.384. The fourth-order valence-corrected chi connectivity index (χ4v) is 9.79. The van der Waals surface area contributed by atoms with E-state index in [2.05, 4.69) is 65.8 Å². The zero-order valence-electron chi connectivity index (χ0n) is 35.5. The standard InChI is InChI=1S/C22H25ClN6O2.C12H18N4O.C9H7BrClN3O/c1-28-22(31-17-5-3-4-16(23)8-17)26-19(27-28)9-18-14-6-7-15(18)12-29(11-14)20-10-21(30-2)25-13-24-20;1-17-11-4-10(14-7-15-11)16-5-8-2-3-9(6-16)12(8)13;1-14-9(12-8(10)13-14)15-7-4-2-3-6(11)5-7/h3-5,8,10,13-15,18H,6-7,9,11-12H2,1-2H3;4,7-9,12H,2-3,5-6,13H2,1H3;2-5H,1H3. The summed E-state index contributed by atoms with van der Waals surface area (Å²) in [5.41, 5.74) is 6.20. The van der Waals surface area contributed by atoms with Gasteiger partial charge >= 0.3 is 12.0 Å². The van der Waals surface area contributed by atoms with Crippen LogP contribution < -0.4 is 34.5 Å². The summed E-state index contributed by atoms with van der Waals surface area (Å²) in [6, 6.07) is 19.5. The Morgan fingerprint density at radius 3 is 1.60 bits per heavy atom. The van der Waals surface area contributed by atoms with E-state index in [1.807, 2.05) is 43.4 Å². The number of hydrogen-bond donors (Lipinski definition) is 1. The summed E-state index contributed by atoms with van der Waals surface area (Å²) in [5.74, 6) is 8.25. The fraction of sp³-hybridized carbons (Fsp3) is 0.442. The molecule has 2 saturated carbocycles. The molecule has 2 aromatic carbocycles. The zero-order valence-corrected chi connectivity index (χ0v) is 38.6. The summed E-state index contributed by atoms with van der Waals surface area (Å²) in [6.07, 6.45) is 8.96. The summed E-state index contributed by atoms with van der Waals surface area (Å²) in [6.45, 7) is 4.00. The molecule has 0 radical (unpaired) electrons. The lowest BCUT2D eigenvalue weighted by Crippen LogP contribution is -2.49. The Kier molecular flexibility index (Phi) is 14.1. The van der Waals surface area contributed by atoms with Gasteiger partial charge in [-0.1, -0.05) is 35.3 Å². The lowest BCUT2D eigenvalue weighted by Gasteiger charge is -2.38. The molecule has 4 aromatic heterocycles. The third-order valence-electron chi connectivity index (χ3n) is 12.2. The van der Waals surface area contributed by atoms with Gasteiger partial charge in [0.15, 0.2) is 5.82 Å². The van der Waals surface area contributed by atoms with E-state index in [-0.39, 0.29) is 0 Å². The topological polar surface area (TPSA) is 182 Å². The van der Waals surface area contributed by atoms with Crippen molar-refractivity contribution < 1.29 is 18.9 Å². The van der Waals surface area contributed by atoms with Gasteiger partial charge in [0.2, 0.25) is 16.5 Å². The number of anilines is 2. The van der Waals surface area contributed by atoms with Crippen molar-refractivity contribution in [1.82, 2.24) is 49.5 Å². The van der Waals surface area contributed by atoms with Gasteiger partial charge in [0.05, 0.1) is 14.2 Å². The van der Waals surface area contributed by atoms with Gasteiger partial charge in [0.1, 0.15) is 35.8 Å². The first-order chi connectivity index (χ1) is 30.5. The number of piperidine rings is 2. The number of aromatic nitrogens is 10. The summed E-state index contributed by atoms with van der Waals surface area (Å²) < 4.78 is 25.5. The molecule has 4 unspecified atom stereocenters. The summed E-state index contributed by atoms with van der Waals surface area (Å²) >= 11 is 15.0. The molecule has 63 heavy (non-hydrogen) atoms. The highest BCUT2D eigenvalue weighted by atomic mass is 79.9. The summed E-state index contributed by atoms with van der Waals surface area (Å²) in [7, 11) is 6.86. The zero-order chi connectivity index (χ0) is 44.0. The second kappa shape index (κ2) is 20.0. The Morgan fingerprint density at radius 1 is 0.651 bits per heavy atom. The van der Waals surface area contributed by atoms with Crippen LogP contribution in [0.2, 0.25) is 10.0 Å². The maximum Gasteiger partial charge on any atom is 0.321 e. The van der Waals surface area contributed by atoms with Crippen molar-refractivity contribution in [2.75, 3.05) is 50.2 Å². The smallest absolute Gasteiger partial charge is 0.321 e. The van der Waals surface area contributed by atoms with Crippen molar-refractivity contribution in [3.05, 3.63) is 93.9 Å². The van der Waals surface area contributed by atoms with Crippen LogP contribution in [-0.2, 0) is 20.5 Å². The number of ether oxygens (including phenoxy) is 4. The number of benzene rings is 2. The molecule has 10 rings (SSSR count). The van der Waals surface area contributed by atoms with Crippen LogP contribution in [0.25, 0.3) is 0 Å². The van der Waals surface area contributed by atoms with Crippen molar-refractivity contribution in [3.63, 3.8) is 0 Å². The molecule has 2 aliphatic heterocycles. The number of nitrogens with zero attached hydrogens (tertiary/aromatic N) is 12. The van der Waals surface area contributed by atoms with Gasteiger partial charge in [-0.05, 0) is 108 Å². The Balaban J connectivity index is 0.000000143. The predicted molar refractivity (Wildman–Crippen MR) is 242 cm³/mol. The second-order valence-corrected chi connectivity index (χ2v) is 17.7. The lowest BCUT2D eigenvalue weighted by molar-refractivity contribution is 0.264. The molecule has 0 amide bonds. The normalized spacial score (nSPS) is 22.1. The molecular weight excluding hydrogens is 913 g/mol. The molecular formula is C43H50BrCl2N13O4. The summed E-state index contributed by atoms with van der Waals surface area (Å²) in [4.78, 5) is 30.3. The predicted octanol–water partition coefficient (Wildman–Crippen LogP) is 7.45. The van der Waals surface area contributed by atoms with Gasteiger partial charge in [-0.25, -0.2) is 29.3 Å². The molecule has 2 aliphatic carbocycles. The van der Waals surface area contributed by atoms with Gasteiger partial charge < -0.3 is 34.5 Å². The Morgan fingerprint density at radius 2 is 1.13 bits per heavy atom. The number of halogens is 3. The molecule has 4 fully saturated rings. The molecule has 4 atom stereocenters. The Hall–Kier alpha value is -5.30. The van der Waals surface area contributed by atoms with Gasteiger partial charge in [-0.2, -0.15) is 15.1 Å². The van der Waals surface area contributed by atoms with E-state index >= 15 is 0 Å². The minimum Gasteiger partial charge on any atom is -0.481 e. The summed E-state index contributed by atoms with van der Waals surface area (Å²) in [5, 5.41) is 9.86. The van der Waals surface area contributed by atoms with Crippen LogP contribution in [-0.4, -0.2) is 95.9 Å². The Bertz CT molecular complexity index is 2450. The van der Waals surface area contributed by atoms with Crippen LogP contribution in [0.4, 0.5) is 11.6 Å². The van der Waals surface area contributed by atoms with E-state index < -0.39 is 0 Å². The molecule has 4 aliphatic rings. The third kappa shape index (κ3) is 10.9.